The summed E-state index contributed by atoms with van der Waals surface area (Å²) in [6.07, 6.45) is 0.242. The maximum Gasteiger partial charge on any atom is 1.00 e. The molecule has 0 aromatic heterocycles. The van der Waals surface area contributed by atoms with Crippen molar-refractivity contribution in [3.05, 3.63) is 90.0 Å². The van der Waals surface area contributed by atoms with E-state index in [-0.39, 0.29) is 42.1 Å². The number of carboxylic acid groups (broad SMARTS) is 1. The van der Waals surface area contributed by atoms with Gasteiger partial charge in [0.25, 0.3) is 0 Å². The number of hydrogen-bond donors (Lipinski definition) is 1. The maximum atomic E-state index is 13.2. The molecule has 3 aromatic rings. The normalized spacial score (nSPS) is 16.7. The summed E-state index contributed by atoms with van der Waals surface area (Å²) in [4.78, 5) is 25.5. The molecule has 7 nitrogen and oxygen atoms in total. The second-order valence-electron chi connectivity index (χ2n) is 8.21. The summed E-state index contributed by atoms with van der Waals surface area (Å²) in [5.41, 5.74) is 3.17. The number of carboxylic acids is 1. The molecule has 0 saturated heterocycles. The van der Waals surface area contributed by atoms with Gasteiger partial charge < -0.3 is 24.5 Å². The average molecular weight is 483 g/mol. The number of aliphatic hydroxyl groups is 1. The Kier molecular flexibility index (Phi) is 9.74. The minimum atomic E-state index is -1.29. The van der Waals surface area contributed by atoms with E-state index < -0.39 is 24.8 Å². The van der Waals surface area contributed by atoms with Gasteiger partial charge in [0.15, 0.2) is 0 Å². The van der Waals surface area contributed by atoms with Gasteiger partial charge in [-0.15, -0.1) is 0 Å². The Morgan fingerprint density at radius 2 is 1.57 bits per heavy atom. The van der Waals surface area contributed by atoms with Crippen molar-refractivity contribution in [2.75, 3.05) is 18.1 Å². The van der Waals surface area contributed by atoms with Crippen molar-refractivity contribution >= 4 is 23.4 Å². The minimum absolute atomic E-state index is 0. The fraction of sp³-hybridized carbons (Fsp3) is 0.259. The molecule has 0 spiro atoms. The van der Waals surface area contributed by atoms with Crippen LogP contribution in [-0.4, -0.2) is 36.5 Å². The Morgan fingerprint density at radius 3 is 2.17 bits per heavy atom. The van der Waals surface area contributed by atoms with E-state index in [0.29, 0.717) is 36.4 Å². The van der Waals surface area contributed by atoms with Gasteiger partial charge in [-0.1, -0.05) is 48.5 Å². The number of rotatable bonds is 7. The molecule has 3 aromatic carbocycles. The number of benzene rings is 3. The van der Waals surface area contributed by atoms with Crippen LogP contribution in [0.1, 0.15) is 17.5 Å². The van der Waals surface area contributed by atoms with Crippen molar-refractivity contribution in [2.24, 2.45) is 5.92 Å². The van der Waals surface area contributed by atoms with Crippen LogP contribution >= 0.6 is 0 Å². The monoisotopic (exact) mass is 483 g/mol. The molecule has 1 aliphatic carbocycles. The first-order valence-corrected chi connectivity index (χ1v) is 11.2. The number of ether oxygens (including phenoxy) is 2. The fourth-order valence-electron chi connectivity index (χ4n) is 4.23. The van der Waals surface area contributed by atoms with E-state index in [2.05, 4.69) is 0 Å². The molecule has 1 amide bonds. The van der Waals surface area contributed by atoms with Crippen LogP contribution in [-0.2, 0) is 22.4 Å². The summed E-state index contributed by atoms with van der Waals surface area (Å²) in [5, 5.41) is 21.6. The predicted molar refractivity (Wildman–Crippen MR) is 125 cm³/mol. The van der Waals surface area contributed by atoms with Gasteiger partial charge in [0, 0.05) is 5.92 Å². The number of aliphatic hydroxyl groups excluding tert-OH is 1. The molecule has 1 N–H and O–H groups in total. The van der Waals surface area contributed by atoms with Gasteiger partial charge in [0.1, 0.15) is 12.4 Å². The first kappa shape index (κ1) is 26.8. The molecule has 4 rings (SSSR count). The van der Waals surface area contributed by atoms with Gasteiger partial charge in [-0.25, -0.2) is 9.69 Å². The number of para-hydroxylation sites is 2. The van der Waals surface area contributed by atoms with Crippen molar-refractivity contribution in [3.8, 4) is 5.75 Å². The number of anilines is 2. The molecule has 0 saturated carbocycles. The van der Waals surface area contributed by atoms with E-state index in [1.54, 1.807) is 12.1 Å². The number of amides is 1. The molecule has 0 radical (unpaired) electrons. The third-order valence-corrected chi connectivity index (χ3v) is 5.92. The number of carbonyl (C=O) groups is 2. The van der Waals surface area contributed by atoms with Crippen LogP contribution in [0.3, 0.4) is 0 Å². The third-order valence-electron chi connectivity index (χ3n) is 5.92. The summed E-state index contributed by atoms with van der Waals surface area (Å²) >= 11 is 0. The molecule has 8 heteroatoms. The smallest absolute Gasteiger partial charge is 0.546 e. The molecule has 0 fully saturated rings. The van der Waals surface area contributed by atoms with Gasteiger partial charge >= 0.3 is 35.7 Å². The van der Waals surface area contributed by atoms with Gasteiger partial charge in [-0.05, 0) is 60.7 Å². The van der Waals surface area contributed by atoms with Gasteiger partial charge in [0.2, 0.25) is 0 Å². The van der Waals surface area contributed by atoms with Crippen LogP contribution in [0, 0.1) is 5.92 Å². The second kappa shape index (κ2) is 12.7. The standard InChI is InChI=1S/C27H27NO6.Na/c29-24-15-14-23-19(8-7-13-25(23)33-18-26(30)31)16-20(24)17-34-27(32)28(21-9-3-1-4-10-21)22-11-5-2-6-12-22;/h1-13,20,24,29H,14-18H2,(H,30,31);/q;+1/p-1. The summed E-state index contributed by atoms with van der Waals surface area (Å²) in [6.45, 7) is -0.491. The Morgan fingerprint density at radius 1 is 0.943 bits per heavy atom. The van der Waals surface area contributed by atoms with Crippen LogP contribution in [0.2, 0.25) is 0 Å². The Hall–Kier alpha value is -2.84. The molecule has 1 aliphatic rings. The van der Waals surface area contributed by atoms with E-state index in [0.717, 1.165) is 11.1 Å². The number of aliphatic carboxylic acids is 1. The minimum Gasteiger partial charge on any atom is -0.546 e. The molecule has 2 unspecified atom stereocenters. The van der Waals surface area contributed by atoms with Crippen molar-refractivity contribution in [1.29, 1.82) is 0 Å². The predicted octanol–water partition coefficient (Wildman–Crippen LogP) is 0.260. The van der Waals surface area contributed by atoms with Crippen LogP contribution in [0.5, 0.6) is 5.75 Å². The molecule has 35 heavy (non-hydrogen) atoms. The van der Waals surface area contributed by atoms with Crippen molar-refractivity contribution < 1.29 is 58.8 Å². The largest absolute Gasteiger partial charge is 1.00 e. The van der Waals surface area contributed by atoms with E-state index in [4.69, 9.17) is 9.47 Å². The third kappa shape index (κ3) is 6.86. The number of carbonyl (C=O) groups excluding carboxylic acids is 2. The van der Waals surface area contributed by atoms with Crippen LogP contribution < -0.4 is 44.3 Å². The molecule has 0 heterocycles. The average Bonchev–Trinajstić information content (AvgIpc) is 3.01. The van der Waals surface area contributed by atoms with E-state index in [9.17, 15) is 19.8 Å². The van der Waals surface area contributed by atoms with E-state index >= 15 is 0 Å². The number of nitrogens with zero attached hydrogens (tertiary/aromatic N) is 1. The van der Waals surface area contributed by atoms with Crippen LogP contribution in [0.15, 0.2) is 78.9 Å². The summed E-state index contributed by atoms with van der Waals surface area (Å²) in [7, 11) is 0. The van der Waals surface area contributed by atoms with Crippen molar-refractivity contribution in [3.63, 3.8) is 0 Å². The summed E-state index contributed by atoms with van der Waals surface area (Å²) in [5.74, 6) is -1.13. The van der Waals surface area contributed by atoms with E-state index in [1.807, 2.05) is 66.7 Å². The zero-order valence-electron chi connectivity index (χ0n) is 19.6. The first-order chi connectivity index (χ1) is 16.5. The van der Waals surface area contributed by atoms with Crippen molar-refractivity contribution in [1.82, 2.24) is 0 Å². The molecule has 176 valence electrons. The molecular formula is C27H26NNaO6. The number of fused-ring (bicyclic) bond motifs is 1. The molecular weight excluding hydrogens is 457 g/mol. The molecule has 0 aliphatic heterocycles. The fourth-order valence-corrected chi connectivity index (χ4v) is 4.23. The van der Waals surface area contributed by atoms with Crippen LogP contribution in [0.4, 0.5) is 16.2 Å². The second-order valence-corrected chi connectivity index (χ2v) is 8.21. The Bertz CT molecular complexity index is 1090. The molecule has 2 atom stereocenters. The zero-order valence-corrected chi connectivity index (χ0v) is 21.6. The maximum absolute atomic E-state index is 13.2. The first-order valence-electron chi connectivity index (χ1n) is 11.2. The van der Waals surface area contributed by atoms with Crippen molar-refractivity contribution in [2.45, 2.75) is 25.4 Å². The zero-order chi connectivity index (χ0) is 23.9. The van der Waals surface area contributed by atoms with Gasteiger partial charge in [-0.3, -0.25) is 0 Å². The van der Waals surface area contributed by atoms with E-state index in [1.165, 1.54) is 4.90 Å². The topological polar surface area (TPSA) is 99.1 Å². The Labute approximate surface area is 226 Å². The Balaban J connectivity index is 0.00000342. The van der Waals surface area contributed by atoms with Crippen LogP contribution in [0.25, 0.3) is 0 Å². The SMILES string of the molecule is O=C([O-])COc1cccc2c1CCC(O)C(COC(=O)N(c1ccccc1)c1ccccc1)C2.[Na+]. The summed E-state index contributed by atoms with van der Waals surface area (Å²) in [6, 6.07) is 23.9. The molecule has 0 bridgehead atoms. The van der Waals surface area contributed by atoms with Gasteiger partial charge in [0.05, 0.1) is 30.1 Å². The number of hydrogen-bond acceptors (Lipinski definition) is 6. The van der Waals surface area contributed by atoms with Gasteiger partial charge in [-0.2, -0.15) is 0 Å². The summed E-state index contributed by atoms with van der Waals surface area (Å²) < 4.78 is 11.1. The quantitative estimate of drug-likeness (QED) is 0.383.